The highest BCUT2D eigenvalue weighted by atomic mass is 32.2. The molecular formula is C25H22FN3O3S2. The Morgan fingerprint density at radius 1 is 1.03 bits per heavy atom. The van der Waals surface area contributed by atoms with Crippen LogP contribution in [0.5, 0.6) is 0 Å². The van der Waals surface area contributed by atoms with Crippen LogP contribution in [0.3, 0.4) is 0 Å². The molecule has 0 bridgehead atoms. The molecule has 9 heteroatoms. The zero-order valence-electron chi connectivity index (χ0n) is 18.5. The molecule has 4 aromatic rings. The lowest BCUT2D eigenvalue weighted by Gasteiger charge is -2.34. The van der Waals surface area contributed by atoms with Gasteiger partial charge in [-0.3, -0.25) is 9.59 Å². The third-order valence-corrected chi connectivity index (χ3v) is 7.94. The minimum atomic E-state index is -0.378. The first kappa shape index (κ1) is 22.6. The first-order valence-corrected chi connectivity index (χ1v) is 12.8. The summed E-state index contributed by atoms with van der Waals surface area (Å²) in [7, 11) is 0. The highest BCUT2D eigenvalue weighted by Crippen LogP contribution is 2.34. The molecule has 0 aliphatic carbocycles. The van der Waals surface area contributed by atoms with Gasteiger partial charge in [0.25, 0.3) is 11.8 Å². The van der Waals surface area contributed by atoms with E-state index in [1.807, 2.05) is 36.6 Å². The molecule has 174 valence electrons. The number of amides is 2. The molecular weight excluding hydrogens is 473 g/mol. The largest absolute Gasteiger partial charge is 0.451 e. The molecule has 5 rings (SSSR count). The van der Waals surface area contributed by atoms with Gasteiger partial charge in [0.2, 0.25) is 0 Å². The average molecular weight is 496 g/mol. The maximum Gasteiger partial charge on any atom is 0.290 e. The second kappa shape index (κ2) is 9.60. The van der Waals surface area contributed by atoms with Gasteiger partial charge in [-0.2, -0.15) is 0 Å². The Balaban J connectivity index is 1.31. The number of fused-ring (bicyclic) bond motifs is 1. The third-order valence-electron chi connectivity index (χ3n) is 5.78. The second-order valence-corrected chi connectivity index (χ2v) is 10.1. The molecule has 0 radical (unpaired) electrons. The summed E-state index contributed by atoms with van der Waals surface area (Å²) in [6.07, 6.45) is 0. The minimum Gasteiger partial charge on any atom is -0.451 e. The van der Waals surface area contributed by atoms with Crippen molar-refractivity contribution in [2.24, 2.45) is 0 Å². The summed E-state index contributed by atoms with van der Waals surface area (Å²) >= 11 is 3.18. The van der Waals surface area contributed by atoms with Crippen molar-refractivity contribution >= 4 is 45.9 Å². The van der Waals surface area contributed by atoms with Crippen LogP contribution >= 0.6 is 23.1 Å². The zero-order chi connectivity index (χ0) is 23.7. The maximum absolute atomic E-state index is 13.5. The lowest BCUT2D eigenvalue weighted by atomic mass is 10.1. The number of furan rings is 1. The molecule has 0 N–H and O–H groups in total. The van der Waals surface area contributed by atoms with Crippen molar-refractivity contribution in [3.63, 3.8) is 0 Å². The zero-order valence-corrected chi connectivity index (χ0v) is 20.1. The molecule has 2 aromatic heterocycles. The number of halogens is 1. The SMILES string of the molecule is Cc1csc(SCc2c(C(=O)N3CCN(C(=O)c4ccc(F)cc4)CC3)oc3ccccc23)n1. The van der Waals surface area contributed by atoms with Crippen molar-refractivity contribution in [3.05, 3.63) is 82.3 Å². The van der Waals surface area contributed by atoms with Crippen LogP contribution in [0.2, 0.25) is 0 Å². The van der Waals surface area contributed by atoms with Crippen molar-refractivity contribution in [1.82, 2.24) is 14.8 Å². The lowest BCUT2D eigenvalue weighted by molar-refractivity contribution is 0.0518. The number of hydrogen-bond donors (Lipinski definition) is 0. The number of aromatic nitrogens is 1. The summed E-state index contributed by atoms with van der Waals surface area (Å²) in [5.74, 6) is 0.216. The summed E-state index contributed by atoms with van der Waals surface area (Å²) in [5.41, 5.74) is 2.97. The normalized spacial score (nSPS) is 14.1. The third kappa shape index (κ3) is 4.58. The van der Waals surface area contributed by atoms with Gasteiger partial charge in [-0.1, -0.05) is 30.0 Å². The van der Waals surface area contributed by atoms with Crippen molar-refractivity contribution < 1.29 is 18.4 Å². The highest BCUT2D eigenvalue weighted by molar-refractivity contribution is 8.00. The van der Waals surface area contributed by atoms with E-state index in [4.69, 9.17) is 4.42 Å². The summed E-state index contributed by atoms with van der Waals surface area (Å²) in [6, 6.07) is 13.2. The Morgan fingerprint density at radius 3 is 2.38 bits per heavy atom. The summed E-state index contributed by atoms with van der Waals surface area (Å²) < 4.78 is 20.2. The highest BCUT2D eigenvalue weighted by Gasteiger charge is 2.29. The molecule has 0 unspecified atom stereocenters. The van der Waals surface area contributed by atoms with E-state index in [1.165, 1.54) is 24.3 Å². The van der Waals surface area contributed by atoms with Gasteiger partial charge in [-0.25, -0.2) is 9.37 Å². The van der Waals surface area contributed by atoms with E-state index in [2.05, 4.69) is 4.98 Å². The number of carbonyl (C=O) groups is 2. The monoisotopic (exact) mass is 495 g/mol. The van der Waals surface area contributed by atoms with Crippen LogP contribution in [0.4, 0.5) is 4.39 Å². The van der Waals surface area contributed by atoms with Gasteiger partial charge < -0.3 is 14.2 Å². The molecule has 1 aliphatic rings. The number of hydrogen-bond acceptors (Lipinski definition) is 6. The van der Waals surface area contributed by atoms with Gasteiger partial charge in [-0.05, 0) is 37.3 Å². The fraction of sp³-hybridized carbons (Fsp3) is 0.240. The van der Waals surface area contributed by atoms with Crippen LogP contribution in [0.25, 0.3) is 11.0 Å². The Morgan fingerprint density at radius 2 is 1.71 bits per heavy atom. The molecule has 0 saturated carbocycles. The molecule has 0 spiro atoms. The van der Waals surface area contributed by atoms with Crippen LogP contribution in [0, 0.1) is 12.7 Å². The van der Waals surface area contributed by atoms with Gasteiger partial charge >= 0.3 is 0 Å². The minimum absolute atomic E-state index is 0.160. The van der Waals surface area contributed by atoms with Crippen LogP contribution < -0.4 is 0 Å². The van der Waals surface area contributed by atoms with Crippen molar-refractivity contribution in [2.75, 3.05) is 26.2 Å². The van der Waals surface area contributed by atoms with Crippen molar-refractivity contribution in [3.8, 4) is 0 Å². The average Bonchev–Trinajstić information content (AvgIpc) is 3.45. The Labute approximate surface area is 204 Å². The predicted octanol–water partition coefficient (Wildman–Crippen LogP) is 5.23. The first-order valence-electron chi connectivity index (χ1n) is 10.9. The molecule has 1 aliphatic heterocycles. The number of carbonyl (C=O) groups excluding carboxylic acids is 2. The molecule has 2 aromatic carbocycles. The van der Waals surface area contributed by atoms with Gasteiger partial charge in [0.1, 0.15) is 15.7 Å². The fourth-order valence-electron chi connectivity index (χ4n) is 3.98. The first-order chi connectivity index (χ1) is 16.5. The van der Waals surface area contributed by atoms with E-state index >= 15 is 0 Å². The molecule has 2 amide bonds. The number of nitrogens with zero attached hydrogens (tertiary/aromatic N) is 3. The number of piperazine rings is 1. The van der Waals surface area contributed by atoms with E-state index < -0.39 is 0 Å². The smallest absolute Gasteiger partial charge is 0.290 e. The maximum atomic E-state index is 13.5. The number of thiazole rings is 1. The number of benzene rings is 2. The molecule has 1 saturated heterocycles. The van der Waals surface area contributed by atoms with E-state index in [0.29, 0.717) is 48.8 Å². The summed E-state index contributed by atoms with van der Waals surface area (Å²) in [4.78, 5) is 34.1. The van der Waals surface area contributed by atoms with Gasteiger partial charge in [-0.15, -0.1) is 11.3 Å². The number of thioether (sulfide) groups is 1. The van der Waals surface area contributed by atoms with E-state index in [-0.39, 0.29) is 17.6 Å². The summed E-state index contributed by atoms with van der Waals surface area (Å²) in [5, 5.41) is 2.94. The number of rotatable bonds is 5. The topological polar surface area (TPSA) is 66.7 Å². The van der Waals surface area contributed by atoms with Gasteiger partial charge in [0.05, 0.1) is 0 Å². The van der Waals surface area contributed by atoms with Crippen molar-refractivity contribution in [2.45, 2.75) is 17.0 Å². The summed E-state index contributed by atoms with van der Waals surface area (Å²) in [6.45, 7) is 3.58. The van der Waals surface area contributed by atoms with Gasteiger partial charge in [0.15, 0.2) is 5.76 Å². The lowest BCUT2D eigenvalue weighted by Crippen LogP contribution is -2.50. The Kier molecular flexibility index (Phi) is 6.38. The molecule has 34 heavy (non-hydrogen) atoms. The second-order valence-electron chi connectivity index (χ2n) is 8.04. The fourth-order valence-corrected chi connectivity index (χ4v) is 5.86. The molecule has 1 fully saturated rings. The number of para-hydroxylation sites is 1. The molecule has 6 nitrogen and oxygen atoms in total. The van der Waals surface area contributed by atoms with E-state index in [9.17, 15) is 14.0 Å². The quantitative estimate of drug-likeness (QED) is 0.355. The van der Waals surface area contributed by atoms with Crippen LogP contribution in [-0.2, 0) is 5.75 Å². The Bertz CT molecular complexity index is 1340. The standard InChI is InChI=1S/C25H22FN3O3S2/c1-16-14-33-25(27-16)34-15-20-19-4-2-3-5-21(19)32-22(20)24(31)29-12-10-28(11-13-29)23(30)17-6-8-18(26)9-7-17/h2-9,14H,10-13,15H2,1H3. The predicted molar refractivity (Wildman–Crippen MR) is 131 cm³/mol. The molecule has 3 heterocycles. The van der Waals surface area contributed by atoms with Crippen LogP contribution in [0.1, 0.15) is 32.2 Å². The van der Waals surface area contributed by atoms with Crippen molar-refractivity contribution in [1.29, 1.82) is 0 Å². The van der Waals surface area contributed by atoms with Crippen LogP contribution in [0.15, 0.2) is 62.7 Å². The van der Waals surface area contributed by atoms with E-state index in [0.717, 1.165) is 21.0 Å². The Hall–Kier alpha value is -3.17. The van der Waals surface area contributed by atoms with Gasteiger partial charge in [0, 0.05) is 59.5 Å². The molecule has 0 atom stereocenters. The van der Waals surface area contributed by atoms with Crippen LogP contribution in [-0.4, -0.2) is 52.8 Å². The number of aryl methyl sites for hydroxylation is 1. The van der Waals surface area contributed by atoms with E-state index in [1.54, 1.807) is 32.9 Å².